The Bertz CT molecular complexity index is 728. The van der Waals surface area contributed by atoms with Gasteiger partial charge in [0.1, 0.15) is 5.75 Å². The van der Waals surface area contributed by atoms with Crippen LogP contribution in [0.1, 0.15) is 17.5 Å². The second kappa shape index (κ2) is 7.64. The molecule has 0 aromatic heterocycles. The maximum atomic E-state index is 12.2. The summed E-state index contributed by atoms with van der Waals surface area (Å²) in [7, 11) is 1.61. The van der Waals surface area contributed by atoms with Gasteiger partial charge in [0.25, 0.3) is 5.91 Å². The summed E-state index contributed by atoms with van der Waals surface area (Å²) in [6.45, 7) is 0.576. The lowest BCUT2D eigenvalue weighted by molar-refractivity contribution is -0.131. The van der Waals surface area contributed by atoms with Crippen LogP contribution in [0.15, 0.2) is 59.8 Å². The van der Waals surface area contributed by atoms with Crippen LogP contribution in [0.25, 0.3) is 0 Å². The van der Waals surface area contributed by atoms with Gasteiger partial charge in [0.15, 0.2) is 0 Å². The summed E-state index contributed by atoms with van der Waals surface area (Å²) in [5, 5.41) is 6.96. The number of amides is 1. The largest absolute Gasteiger partial charge is 0.496 e. The van der Waals surface area contributed by atoms with E-state index in [0.717, 1.165) is 23.4 Å². The Morgan fingerprint density at radius 3 is 2.75 bits per heavy atom. The third kappa shape index (κ3) is 3.74. The van der Waals surface area contributed by atoms with Crippen molar-refractivity contribution in [1.82, 2.24) is 5.32 Å². The van der Waals surface area contributed by atoms with Crippen molar-refractivity contribution in [3.8, 4) is 5.75 Å². The number of carbonyl (C=O) groups excluding carboxylic acids is 1. The van der Waals surface area contributed by atoms with Gasteiger partial charge in [-0.25, -0.2) is 0 Å². The van der Waals surface area contributed by atoms with E-state index < -0.39 is 6.10 Å². The highest BCUT2D eigenvalue weighted by Crippen LogP contribution is 2.24. The van der Waals surface area contributed by atoms with Gasteiger partial charge in [0, 0.05) is 18.5 Å². The smallest absolute Gasteiger partial charge is 0.264 e. The molecular formula is C19H20N2O3. The van der Waals surface area contributed by atoms with E-state index in [-0.39, 0.29) is 5.91 Å². The quantitative estimate of drug-likeness (QED) is 0.888. The van der Waals surface area contributed by atoms with Crippen molar-refractivity contribution in [2.45, 2.75) is 18.9 Å². The predicted molar refractivity (Wildman–Crippen MR) is 92.2 cm³/mol. The van der Waals surface area contributed by atoms with Crippen LogP contribution in [0.4, 0.5) is 0 Å². The van der Waals surface area contributed by atoms with E-state index in [1.807, 2.05) is 54.6 Å². The molecule has 5 nitrogen and oxygen atoms in total. The number of rotatable bonds is 6. The third-order valence-corrected chi connectivity index (χ3v) is 3.93. The van der Waals surface area contributed by atoms with Crippen LogP contribution in [0, 0.1) is 0 Å². The van der Waals surface area contributed by atoms with Crippen LogP contribution < -0.4 is 10.1 Å². The zero-order chi connectivity index (χ0) is 16.8. The SMILES string of the molecule is COc1ccccc1C1=NO[C@@H](C(=O)NCCc2ccccc2)C1. The molecular weight excluding hydrogens is 304 g/mol. The monoisotopic (exact) mass is 324 g/mol. The molecule has 24 heavy (non-hydrogen) atoms. The summed E-state index contributed by atoms with van der Waals surface area (Å²) in [5.41, 5.74) is 2.78. The number of hydrogen-bond donors (Lipinski definition) is 1. The third-order valence-electron chi connectivity index (χ3n) is 3.93. The number of benzene rings is 2. The van der Waals surface area contributed by atoms with Crippen LogP contribution in [-0.4, -0.2) is 31.4 Å². The number of hydrogen-bond acceptors (Lipinski definition) is 4. The first-order chi connectivity index (χ1) is 11.8. The first kappa shape index (κ1) is 16.1. The Balaban J connectivity index is 1.52. The molecule has 0 radical (unpaired) electrons. The van der Waals surface area contributed by atoms with Gasteiger partial charge in [-0.1, -0.05) is 47.6 Å². The number of ether oxygens (including phenoxy) is 1. The van der Waals surface area contributed by atoms with E-state index in [1.165, 1.54) is 5.56 Å². The van der Waals surface area contributed by atoms with Gasteiger partial charge in [-0.15, -0.1) is 0 Å². The molecule has 1 N–H and O–H groups in total. The summed E-state index contributed by atoms with van der Waals surface area (Å²) in [6, 6.07) is 17.6. The van der Waals surface area contributed by atoms with Crippen molar-refractivity contribution in [3.05, 3.63) is 65.7 Å². The topological polar surface area (TPSA) is 59.9 Å². The zero-order valence-electron chi connectivity index (χ0n) is 13.6. The summed E-state index contributed by atoms with van der Waals surface area (Å²) in [4.78, 5) is 17.5. The predicted octanol–water partition coefficient (Wildman–Crippen LogP) is 2.55. The minimum absolute atomic E-state index is 0.139. The van der Waals surface area contributed by atoms with Crippen LogP contribution in [0.3, 0.4) is 0 Å². The van der Waals surface area contributed by atoms with Gasteiger partial charge < -0.3 is 14.9 Å². The molecule has 0 saturated heterocycles. The maximum absolute atomic E-state index is 12.2. The highest BCUT2D eigenvalue weighted by Gasteiger charge is 2.29. The molecule has 1 aliphatic heterocycles. The van der Waals surface area contributed by atoms with E-state index in [4.69, 9.17) is 9.57 Å². The first-order valence-electron chi connectivity index (χ1n) is 7.95. The molecule has 2 aromatic rings. The van der Waals surface area contributed by atoms with Crippen LogP contribution in [-0.2, 0) is 16.1 Å². The van der Waals surface area contributed by atoms with Crippen molar-refractivity contribution in [1.29, 1.82) is 0 Å². The van der Waals surface area contributed by atoms with Crippen LogP contribution in [0.5, 0.6) is 5.75 Å². The normalized spacial score (nSPS) is 16.2. The zero-order valence-corrected chi connectivity index (χ0v) is 13.6. The van der Waals surface area contributed by atoms with Crippen LogP contribution in [0.2, 0.25) is 0 Å². The van der Waals surface area contributed by atoms with Crippen molar-refractivity contribution < 1.29 is 14.4 Å². The van der Waals surface area contributed by atoms with Gasteiger partial charge >= 0.3 is 0 Å². The molecule has 2 aromatic carbocycles. The fraction of sp³-hybridized carbons (Fsp3) is 0.263. The Morgan fingerprint density at radius 1 is 1.21 bits per heavy atom. The van der Waals surface area contributed by atoms with Crippen molar-refractivity contribution in [2.24, 2.45) is 5.16 Å². The molecule has 1 amide bonds. The molecule has 1 aliphatic rings. The average molecular weight is 324 g/mol. The van der Waals surface area contributed by atoms with Crippen LogP contribution >= 0.6 is 0 Å². The molecule has 0 spiro atoms. The number of nitrogens with zero attached hydrogens (tertiary/aromatic N) is 1. The fourth-order valence-corrected chi connectivity index (χ4v) is 2.65. The fourth-order valence-electron chi connectivity index (χ4n) is 2.65. The van der Waals surface area contributed by atoms with E-state index in [2.05, 4.69) is 10.5 Å². The number of carbonyl (C=O) groups is 1. The lowest BCUT2D eigenvalue weighted by Crippen LogP contribution is -2.36. The highest BCUT2D eigenvalue weighted by molar-refractivity contribution is 6.05. The molecule has 124 valence electrons. The second-order valence-electron chi connectivity index (χ2n) is 5.56. The summed E-state index contributed by atoms with van der Waals surface area (Å²) < 4.78 is 5.33. The van der Waals surface area contributed by atoms with E-state index in [1.54, 1.807) is 7.11 Å². The maximum Gasteiger partial charge on any atom is 0.264 e. The average Bonchev–Trinajstić information content (AvgIpc) is 3.12. The first-order valence-corrected chi connectivity index (χ1v) is 7.95. The minimum Gasteiger partial charge on any atom is -0.496 e. The number of methoxy groups -OCH3 is 1. The Labute approximate surface area is 141 Å². The highest BCUT2D eigenvalue weighted by atomic mass is 16.6. The summed E-state index contributed by atoms with van der Waals surface area (Å²) in [5.74, 6) is 0.588. The lowest BCUT2D eigenvalue weighted by atomic mass is 10.0. The summed E-state index contributed by atoms with van der Waals surface area (Å²) >= 11 is 0. The van der Waals surface area contributed by atoms with Gasteiger partial charge in [-0.3, -0.25) is 4.79 Å². The standard InChI is InChI=1S/C19H20N2O3/c1-23-17-10-6-5-9-15(17)16-13-18(24-21-16)19(22)20-12-11-14-7-3-2-4-8-14/h2-10,18H,11-13H2,1H3,(H,20,22)/t18-/m1/s1. The molecule has 0 saturated carbocycles. The molecule has 0 unspecified atom stereocenters. The Morgan fingerprint density at radius 2 is 1.96 bits per heavy atom. The molecule has 0 bridgehead atoms. The molecule has 0 aliphatic carbocycles. The molecule has 5 heteroatoms. The number of nitrogens with one attached hydrogen (secondary N) is 1. The number of oxime groups is 1. The number of para-hydroxylation sites is 1. The molecule has 0 fully saturated rings. The molecule has 3 rings (SSSR count). The Kier molecular flexibility index (Phi) is 5.11. The van der Waals surface area contributed by atoms with Crippen molar-refractivity contribution in [3.63, 3.8) is 0 Å². The van der Waals surface area contributed by atoms with Crippen molar-refractivity contribution in [2.75, 3.05) is 13.7 Å². The van der Waals surface area contributed by atoms with Gasteiger partial charge in [-0.2, -0.15) is 0 Å². The van der Waals surface area contributed by atoms with Crippen molar-refractivity contribution >= 4 is 11.6 Å². The second-order valence-corrected chi connectivity index (χ2v) is 5.56. The van der Waals surface area contributed by atoms with E-state index in [0.29, 0.717) is 13.0 Å². The van der Waals surface area contributed by atoms with Gasteiger partial charge in [-0.05, 0) is 24.1 Å². The molecule has 1 atom stereocenters. The minimum atomic E-state index is -0.583. The van der Waals surface area contributed by atoms with Gasteiger partial charge in [0.2, 0.25) is 6.10 Å². The van der Waals surface area contributed by atoms with E-state index in [9.17, 15) is 4.79 Å². The van der Waals surface area contributed by atoms with E-state index >= 15 is 0 Å². The van der Waals surface area contributed by atoms with Gasteiger partial charge in [0.05, 0.1) is 12.8 Å². The summed E-state index contributed by atoms with van der Waals surface area (Å²) in [6.07, 6.45) is 0.651. The Hall–Kier alpha value is -2.82. The molecule has 1 heterocycles. The lowest BCUT2D eigenvalue weighted by Gasteiger charge is -2.10.